The third kappa shape index (κ3) is 4.09. The fourth-order valence-corrected chi connectivity index (χ4v) is 5.18. The van der Waals surface area contributed by atoms with Crippen LogP contribution in [0.25, 0.3) is 11.3 Å². The van der Waals surface area contributed by atoms with Gasteiger partial charge in [0.15, 0.2) is 12.6 Å². The molecule has 2 saturated carbocycles. The third-order valence-corrected chi connectivity index (χ3v) is 7.03. The number of aromatic nitrogens is 2. The Bertz CT molecular complexity index is 991. The largest absolute Gasteiger partial charge is 0.467 e. The van der Waals surface area contributed by atoms with Crippen LogP contribution in [-0.2, 0) is 15.9 Å². The molecule has 172 valence electrons. The number of aliphatic hydroxyl groups excluding tert-OH is 1. The maximum Gasteiger partial charge on any atom is 0.188 e. The molecular formula is C25H33N3O4. The average molecular weight is 440 g/mol. The van der Waals surface area contributed by atoms with Crippen LogP contribution < -0.4 is 10.1 Å². The standard InChI is InChI=1S/C25H33N3O4/c1-15-8-9-17(21(12-15)31-14-30-3)23-18-13-25(10-11-25)32-16(2)22(18)24(28-27-23)26-19-6-4-5-7-20(19)29/h8-9,12,16,19-20,29H,4-7,10-11,13-14H2,1-3H3,(H,26,28)/t16?,19-,20-/m1/s1. The minimum atomic E-state index is -0.360. The molecule has 2 N–H and O–H groups in total. The Hall–Kier alpha value is -2.22. The quantitative estimate of drug-likeness (QED) is 0.649. The normalized spacial score (nSPS) is 25.9. The highest BCUT2D eigenvalue weighted by atomic mass is 16.7. The van der Waals surface area contributed by atoms with Gasteiger partial charge in [0.2, 0.25) is 0 Å². The zero-order valence-electron chi connectivity index (χ0n) is 19.2. The Balaban J connectivity index is 1.59. The van der Waals surface area contributed by atoms with Crippen molar-refractivity contribution in [3.05, 3.63) is 34.9 Å². The summed E-state index contributed by atoms with van der Waals surface area (Å²) in [6, 6.07) is 6.14. The number of nitrogens with one attached hydrogen (secondary N) is 1. The molecule has 5 rings (SSSR count). The molecule has 0 saturated heterocycles. The van der Waals surface area contributed by atoms with Crippen LogP contribution in [0.3, 0.4) is 0 Å². The number of ether oxygens (including phenoxy) is 3. The van der Waals surface area contributed by atoms with Crippen molar-refractivity contribution in [2.75, 3.05) is 19.2 Å². The molecule has 3 aliphatic rings. The number of nitrogens with zero attached hydrogens (tertiary/aromatic N) is 2. The van der Waals surface area contributed by atoms with Gasteiger partial charge < -0.3 is 24.6 Å². The Morgan fingerprint density at radius 3 is 2.78 bits per heavy atom. The molecule has 7 heteroatoms. The molecular weight excluding hydrogens is 406 g/mol. The molecule has 1 aromatic heterocycles. The van der Waals surface area contributed by atoms with Crippen LogP contribution >= 0.6 is 0 Å². The molecule has 2 aromatic rings. The first-order chi connectivity index (χ1) is 15.5. The lowest BCUT2D eigenvalue weighted by Gasteiger charge is -2.35. The van der Waals surface area contributed by atoms with Crippen molar-refractivity contribution >= 4 is 5.82 Å². The van der Waals surface area contributed by atoms with Gasteiger partial charge in [0.1, 0.15) is 11.4 Å². The minimum absolute atomic E-state index is 0.00279. The first-order valence-corrected chi connectivity index (χ1v) is 11.7. The lowest BCUT2D eigenvalue weighted by molar-refractivity contribution is -0.0339. The van der Waals surface area contributed by atoms with Crippen LogP contribution in [0.15, 0.2) is 18.2 Å². The lowest BCUT2D eigenvalue weighted by Crippen LogP contribution is -2.38. The molecule has 3 atom stereocenters. The van der Waals surface area contributed by atoms with Crippen molar-refractivity contribution in [2.24, 2.45) is 0 Å². The molecule has 1 aliphatic heterocycles. The summed E-state index contributed by atoms with van der Waals surface area (Å²) < 4.78 is 17.5. The highest BCUT2D eigenvalue weighted by Crippen LogP contribution is 2.53. The van der Waals surface area contributed by atoms with E-state index < -0.39 is 0 Å². The van der Waals surface area contributed by atoms with Gasteiger partial charge in [-0.1, -0.05) is 18.9 Å². The second-order valence-electron chi connectivity index (χ2n) is 9.56. The zero-order valence-corrected chi connectivity index (χ0v) is 19.2. The van der Waals surface area contributed by atoms with Crippen molar-refractivity contribution in [2.45, 2.75) is 82.6 Å². The molecule has 1 unspecified atom stereocenters. The van der Waals surface area contributed by atoms with Gasteiger partial charge in [-0.2, -0.15) is 0 Å². The lowest BCUT2D eigenvalue weighted by atomic mass is 9.89. The molecule has 7 nitrogen and oxygen atoms in total. The van der Waals surface area contributed by atoms with E-state index in [1.165, 1.54) is 5.56 Å². The second kappa shape index (κ2) is 8.61. The van der Waals surface area contributed by atoms with Gasteiger partial charge in [-0.05, 0) is 62.8 Å². The highest BCUT2D eigenvalue weighted by Gasteiger charge is 2.50. The predicted molar refractivity (Wildman–Crippen MR) is 122 cm³/mol. The molecule has 32 heavy (non-hydrogen) atoms. The summed E-state index contributed by atoms with van der Waals surface area (Å²) in [5, 5.41) is 23.3. The molecule has 0 amide bonds. The van der Waals surface area contributed by atoms with Crippen molar-refractivity contribution in [3.8, 4) is 17.0 Å². The van der Waals surface area contributed by atoms with E-state index in [1.54, 1.807) is 7.11 Å². The fourth-order valence-electron chi connectivity index (χ4n) is 5.18. The topological polar surface area (TPSA) is 85.7 Å². The van der Waals surface area contributed by atoms with E-state index in [0.717, 1.165) is 78.9 Å². The number of benzene rings is 1. The minimum Gasteiger partial charge on any atom is -0.467 e. The summed E-state index contributed by atoms with van der Waals surface area (Å²) in [6.07, 6.45) is 6.46. The van der Waals surface area contributed by atoms with E-state index in [2.05, 4.69) is 29.5 Å². The Kier molecular flexibility index (Phi) is 5.82. The Morgan fingerprint density at radius 2 is 2.03 bits per heavy atom. The number of fused-ring (bicyclic) bond motifs is 1. The molecule has 1 aromatic carbocycles. The fraction of sp³-hybridized carbons (Fsp3) is 0.600. The maximum atomic E-state index is 10.5. The van der Waals surface area contributed by atoms with E-state index in [4.69, 9.17) is 19.3 Å². The SMILES string of the molecule is COCOc1cc(C)ccc1-c1nnc(N[C@@H]2CCCC[C@H]2O)c2c1CC1(CC1)OC2C. The zero-order chi connectivity index (χ0) is 22.3. The second-order valence-corrected chi connectivity index (χ2v) is 9.56. The molecule has 0 radical (unpaired) electrons. The first-order valence-electron chi connectivity index (χ1n) is 11.7. The number of rotatable bonds is 6. The summed E-state index contributed by atoms with van der Waals surface area (Å²) in [5.41, 5.74) is 5.04. The van der Waals surface area contributed by atoms with E-state index in [1.807, 2.05) is 13.0 Å². The van der Waals surface area contributed by atoms with Gasteiger partial charge in [-0.3, -0.25) is 0 Å². The van der Waals surface area contributed by atoms with Gasteiger partial charge in [0.05, 0.1) is 23.9 Å². The first kappa shape index (κ1) is 21.6. The summed E-state index contributed by atoms with van der Waals surface area (Å²) in [7, 11) is 1.62. The Labute approximate surface area is 189 Å². The summed E-state index contributed by atoms with van der Waals surface area (Å²) in [4.78, 5) is 0. The number of aliphatic hydroxyl groups is 1. The molecule has 1 spiro atoms. The van der Waals surface area contributed by atoms with E-state index in [9.17, 15) is 5.11 Å². The molecule has 2 fully saturated rings. The number of methoxy groups -OCH3 is 1. The van der Waals surface area contributed by atoms with Gasteiger partial charge >= 0.3 is 0 Å². The van der Waals surface area contributed by atoms with Crippen LogP contribution in [0.4, 0.5) is 5.82 Å². The van der Waals surface area contributed by atoms with E-state index in [0.29, 0.717) is 0 Å². The smallest absolute Gasteiger partial charge is 0.188 e. The third-order valence-electron chi connectivity index (χ3n) is 7.03. The van der Waals surface area contributed by atoms with E-state index >= 15 is 0 Å². The maximum absolute atomic E-state index is 10.5. The van der Waals surface area contributed by atoms with Crippen LogP contribution in [0.1, 0.15) is 68.2 Å². The summed E-state index contributed by atoms with van der Waals surface area (Å²) in [5.74, 6) is 1.49. The van der Waals surface area contributed by atoms with Gasteiger partial charge in [0.25, 0.3) is 0 Å². The highest BCUT2D eigenvalue weighted by molar-refractivity contribution is 5.74. The number of hydrogen-bond acceptors (Lipinski definition) is 7. The predicted octanol–water partition coefficient (Wildman–Crippen LogP) is 4.32. The summed E-state index contributed by atoms with van der Waals surface area (Å²) in [6.45, 7) is 4.32. The molecule has 2 aliphatic carbocycles. The van der Waals surface area contributed by atoms with Crippen molar-refractivity contribution in [3.63, 3.8) is 0 Å². The number of aryl methyl sites for hydroxylation is 1. The van der Waals surface area contributed by atoms with Crippen molar-refractivity contribution < 1.29 is 19.3 Å². The van der Waals surface area contributed by atoms with Crippen LogP contribution in [0.2, 0.25) is 0 Å². The van der Waals surface area contributed by atoms with Crippen LogP contribution in [0.5, 0.6) is 5.75 Å². The molecule has 0 bridgehead atoms. The molecule has 2 heterocycles. The monoisotopic (exact) mass is 439 g/mol. The van der Waals surface area contributed by atoms with Gasteiger partial charge in [0, 0.05) is 24.7 Å². The van der Waals surface area contributed by atoms with Crippen LogP contribution in [-0.4, -0.2) is 47.0 Å². The number of hydrogen-bond donors (Lipinski definition) is 2. The van der Waals surface area contributed by atoms with Gasteiger partial charge in [-0.15, -0.1) is 10.2 Å². The summed E-state index contributed by atoms with van der Waals surface area (Å²) >= 11 is 0. The van der Waals surface area contributed by atoms with E-state index in [-0.39, 0.29) is 30.6 Å². The number of anilines is 1. The average Bonchev–Trinajstić information content (AvgIpc) is 3.52. The van der Waals surface area contributed by atoms with Crippen LogP contribution in [0, 0.1) is 6.92 Å². The Morgan fingerprint density at radius 1 is 1.22 bits per heavy atom. The van der Waals surface area contributed by atoms with Gasteiger partial charge in [-0.25, -0.2) is 0 Å². The van der Waals surface area contributed by atoms with Crippen molar-refractivity contribution in [1.29, 1.82) is 0 Å². The van der Waals surface area contributed by atoms with Crippen molar-refractivity contribution in [1.82, 2.24) is 10.2 Å².